The van der Waals surface area contributed by atoms with Crippen molar-refractivity contribution in [2.75, 3.05) is 13.2 Å². The average Bonchev–Trinajstić information content (AvgIpc) is 3.03. The zero-order valence-corrected chi connectivity index (χ0v) is 12.2. The molecule has 0 fully saturated rings. The van der Waals surface area contributed by atoms with E-state index in [1.54, 1.807) is 29.1 Å². The summed E-state index contributed by atoms with van der Waals surface area (Å²) >= 11 is 1.80. The summed E-state index contributed by atoms with van der Waals surface area (Å²) in [6.45, 7) is 1.56. The minimum Gasteiger partial charge on any atom is -0.491 e. The highest BCUT2D eigenvalue weighted by molar-refractivity contribution is 7.98. The maximum atomic E-state index is 12.7. The van der Waals surface area contributed by atoms with Gasteiger partial charge in [-0.1, -0.05) is 0 Å². The van der Waals surface area contributed by atoms with Gasteiger partial charge in [0.05, 0.1) is 13.1 Å². The fourth-order valence-electron chi connectivity index (χ4n) is 2.66. The lowest BCUT2D eigenvalue weighted by molar-refractivity contribution is 0.0726. The van der Waals surface area contributed by atoms with E-state index in [1.807, 2.05) is 6.07 Å². The highest BCUT2D eigenvalue weighted by Crippen LogP contribution is 2.31. The Balaban J connectivity index is 1.63. The van der Waals surface area contributed by atoms with Crippen molar-refractivity contribution in [2.45, 2.75) is 18.1 Å². The van der Waals surface area contributed by atoms with Gasteiger partial charge in [-0.25, -0.2) is 0 Å². The van der Waals surface area contributed by atoms with Crippen molar-refractivity contribution >= 4 is 17.7 Å². The Labute approximate surface area is 125 Å². The second kappa shape index (κ2) is 5.07. The van der Waals surface area contributed by atoms with E-state index in [4.69, 9.17) is 4.74 Å². The molecule has 6 nitrogen and oxygen atoms in total. The Morgan fingerprint density at radius 2 is 2.38 bits per heavy atom. The summed E-state index contributed by atoms with van der Waals surface area (Å²) in [6.07, 6.45) is 3.46. The first kappa shape index (κ1) is 12.7. The summed E-state index contributed by atoms with van der Waals surface area (Å²) in [6, 6.07) is 1.84. The van der Waals surface area contributed by atoms with Gasteiger partial charge in [-0.3, -0.25) is 14.9 Å². The second-order valence-corrected chi connectivity index (χ2v) is 6.07. The van der Waals surface area contributed by atoms with Crippen LogP contribution in [0.5, 0.6) is 5.75 Å². The third-order valence-electron chi connectivity index (χ3n) is 3.77. The number of hydrogen-bond acceptors (Lipinski definition) is 5. The molecule has 0 spiro atoms. The molecule has 7 heteroatoms. The monoisotopic (exact) mass is 302 g/mol. The number of carbonyl (C=O) groups is 1. The Morgan fingerprint density at radius 3 is 3.33 bits per heavy atom. The fourth-order valence-corrected chi connectivity index (χ4v) is 3.72. The number of ether oxygens (including phenoxy) is 1. The molecule has 2 aliphatic heterocycles. The number of nitrogens with zero attached hydrogens (tertiary/aromatic N) is 3. The third kappa shape index (κ3) is 2.17. The number of thioether (sulfide) groups is 1. The van der Waals surface area contributed by atoms with Gasteiger partial charge in [0.1, 0.15) is 12.4 Å². The van der Waals surface area contributed by atoms with Gasteiger partial charge in [-0.15, -0.1) is 0 Å². The predicted octanol–water partition coefficient (Wildman–Crippen LogP) is 1.59. The summed E-state index contributed by atoms with van der Waals surface area (Å²) < 4.78 is 5.67. The Bertz CT molecular complexity index is 700. The number of aromatic amines is 1. The summed E-state index contributed by atoms with van der Waals surface area (Å²) in [5.41, 5.74) is 3.63. The van der Waals surface area contributed by atoms with E-state index in [0.29, 0.717) is 25.4 Å². The number of H-pyrrole nitrogens is 1. The Hall–Kier alpha value is -2.02. The summed E-state index contributed by atoms with van der Waals surface area (Å²) in [7, 11) is 0. The fraction of sp³-hybridized carbons (Fsp3) is 0.357. The summed E-state index contributed by atoms with van der Waals surface area (Å²) in [5.74, 6) is 2.54. The van der Waals surface area contributed by atoms with Gasteiger partial charge in [0, 0.05) is 40.7 Å². The SMILES string of the molecule is O=C(c1n[nH]c2c1CSC2)N1CCOc2ccncc2C1. The molecular weight excluding hydrogens is 288 g/mol. The second-order valence-electron chi connectivity index (χ2n) is 5.08. The van der Waals surface area contributed by atoms with Crippen molar-refractivity contribution < 1.29 is 9.53 Å². The van der Waals surface area contributed by atoms with E-state index >= 15 is 0 Å². The van der Waals surface area contributed by atoms with E-state index in [1.165, 1.54) is 0 Å². The molecule has 0 atom stereocenters. The lowest BCUT2D eigenvalue weighted by Crippen LogP contribution is -2.33. The number of nitrogens with one attached hydrogen (secondary N) is 1. The molecule has 2 aromatic rings. The zero-order valence-electron chi connectivity index (χ0n) is 11.3. The van der Waals surface area contributed by atoms with Crippen molar-refractivity contribution in [1.29, 1.82) is 0 Å². The molecule has 0 aromatic carbocycles. The standard InChI is InChI=1S/C14H14N4O2S/c19-14(13-10-7-21-8-11(10)16-17-13)18-3-4-20-12-1-2-15-5-9(12)6-18/h1-2,5H,3-4,6-8H2,(H,16,17). The molecule has 1 amide bonds. The molecular formula is C14H14N4O2S. The normalized spacial score (nSPS) is 16.9. The minimum absolute atomic E-state index is 0.0321. The molecule has 0 saturated heterocycles. The van der Waals surface area contributed by atoms with Gasteiger partial charge in [0.25, 0.3) is 5.91 Å². The van der Waals surface area contributed by atoms with E-state index < -0.39 is 0 Å². The van der Waals surface area contributed by atoms with Gasteiger partial charge >= 0.3 is 0 Å². The maximum Gasteiger partial charge on any atom is 0.275 e. The highest BCUT2D eigenvalue weighted by Gasteiger charge is 2.28. The highest BCUT2D eigenvalue weighted by atomic mass is 32.2. The van der Waals surface area contributed by atoms with Crippen molar-refractivity contribution in [2.24, 2.45) is 0 Å². The van der Waals surface area contributed by atoms with E-state index in [0.717, 1.165) is 34.1 Å². The molecule has 0 aliphatic carbocycles. The Morgan fingerprint density at radius 1 is 1.43 bits per heavy atom. The van der Waals surface area contributed by atoms with Crippen LogP contribution in [0.25, 0.3) is 0 Å². The molecule has 108 valence electrons. The smallest absolute Gasteiger partial charge is 0.275 e. The molecule has 2 aromatic heterocycles. The number of hydrogen-bond donors (Lipinski definition) is 1. The maximum absolute atomic E-state index is 12.7. The van der Waals surface area contributed by atoms with Gasteiger partial charge in [0.2, 0.25) is 0 Å². The molecule has 4 heterocycles. The topological polar surface area (TPSA) is 71.1 Å². The number of aromatic nitrogens is 3. The number of amides is 1. The van der Waals surface area contributed by atoms with Crippen molar-refractivity contribution in [3.63, 3.8) is 0 Å². The molecule has 21 heavy (non-hydrogen) atoms. The lowest BCUT2D eigenvalue weighted by Gasteiger charge is -2.18. The molecule has 0 bridgehead atoms. The number of carbonyl (C=O) groups excluding carboxylic acids is 1. The number of pyridine rings is 1. The van der Waals surface area contributed by atoms with Gasteiger partial charge < -0.3 is 9.64 Å². The van der Waals surface area contributed by atoms with Gasteiger partial charge in [-0.2, -0.15) is 16.9 Å². The lowest BCUT2D eigenvalue weighted by atomic mass is 10.2. The molecule has 1 N–H and O–H groups in total. The first-order valence-electron chi connectivity index (χ1n) is 6.82. The Kier molecular flexibility index (Phi) is 3.07. The van der Waals surface area contributed by atoms with Crippen LogP contribution in [-0.4, -0.2) is 39.1 Å². The van der Waals surface area contributed by atoms with Crippen LogP contribution in [0.2, 0.25) is 0 Å². The van der Waals surface area contributed by atoms with Gasteiger partial charge in [-0.05, 0) is 6.07 Å². The summed E-state index contributed by atoms with van der Waals surface area (Å²) in [4.78, 5) is 18.6. The van der Waals surface area contributed by atoms with Crippen LogP contribution < -0.4 is 4.74 Å². The zero-order chi connectivity index (χ0) is 14.2. The van der Waals surface area contributed by atoms with Crippen LogP contribution in [0.15, 0.2) is 18.5 Å². The number of fused-ring (bicyclic) bond motifs is 2. The third-order valence-corrected chi connectivity index (χ3v) is 4.76. The van der Waals surface area contributed by atoms with E-state index in [9.17, 15) is 4.79 Å². The first-order valence-corrected chi connectivity index (χ1v) is 7.97. The average molecular weight is 302 g/mol. The molecule has 0 saturated carbocycles. The predicted molar refractivity (Wildman–Crippen MR) is 78.1 cm³/mol. The van der Waals surface area contributed by atoms with Crippen LogP contribution in [0.1, 0.15) is 27.3 Å². The molecule has 0 radical (unpaired) electrons. The minimum atomic E-state index is -0.0321. The van der Waals surface area contributed by atoms with Crippen molar-refractivity contribution in [1.82, 2.24) is 20.1 Å². The molecule has 0 unspecified atom stereocenters. The largest absolute Gasteiger partial charge is 0.491 e. The first-order chi connectivity index (χ1) is 10.3. The van der Waals surface area contributed by atoms with Crippen LogP contribution in [-0.2, 0) is 18.1 Å². The van der Waals surface area contributed by atoms with Crippen LogP contribution >= 0.6 is 11.8 Å². The summed E-state index contributed by atoms with van der Waals surface area (Å²) in [5, 5.41) is 7.19. The van der Waals surface area contributed by atoms with E-state index in [-0.39, 0.29) is 5.91 Å². The number of rotatable bonds is 1. The van der Waals surface area contributed by atoms with Crippen molar-refractivity contribution in [3.05, 3.63) is 41.0 Å². The van der Waals surface area contributed by atoms with Crippen LogP contribution in [0, 0.1) is 0 Å². The van der Waals surface area contributed by atoms with Gasteiger partial charge in [0.15, 0.2) is 5.69 Å². The van der Waals surface area contributed by atoms with Crippen molar-refractivity contribution in [3.8, 4) is 5.75 Å². The van der Waals surface area contributed by atoms with Crippen LogP contribution in [0.3, 0.4) is 0 Å². The molecule has 4 rings (SSSR count). The van der Waals surface area contributed by atoms with Crippen LogP contribution in [0.4, 0.5) is 0 Å². The quantitative estimate of drug-likeness (QED) is 0.866. The molecule has 2 aliphatic rings. The van der Waals surface area contributed by atoms with E-state index in [2.05, 4.69) is 15.2 Å².